The maximum absolute atomic E-state index is 13.1. The molecule has 0 fully saturated rings. The zero-order valence-corrected chi connectivity index (χ0v) is 20.6. The Balaban J connectivity index is 2.20. The van der Waals surface area contributed by atoms with Gasteiger partial charge in [0.15, 0.2) is 6.61 Å². The van der Waals surface area contributed by atoms with E-state index in [0.717, 1.165) is 16.5 Å². The maximum Gasteiger partial charge on any atom is 0.311 e. The van der Waals surface area contributed by atoms with E-state index in [-0.39, 0.29) is 42.3 Å². The van der Waals surface area contributed by atoms with Crippen molar-refractivity contribution >= 4 is 33.4 Å². The van der Waals surface area contributed by atoms with Crippen LogP contribution in [0.4, 0.5) is 5.69 Å². The minimum absolute atomic E-state index is 0.0217. The van der Waals surface area contributed by atoms with Gasteiger partial charge in [-0.2, -0.15) is 0 Å². The molecule has 2 rings (SSSR count). The third-order valence-electron chi connectivity index (χ3n) is 5.12. The van der Waals surface area contributed by atoms with E-state index < -0.39 is 16.9 Å². The van der Waals surface area contributed by atoms with Crippen LogP contribution >= 0.6 is 15.9 Å². The quantitative estimate of drug-likeness (QED) is 0.352. The molecule has 0 aliphatic heterocycles. The first-order valence-corrected chi connectivity index (χ1v) is 11.2. The lowest BCUT2D eigenvalue weighted by molar-refractivity contribution is -0.385. The van der Waals surface area contributed by atoms with E-state index in [4.69, 9.17) is 9.47 Å². The standard InChI is InChI=1S/C23H28BrN3O6/c1-5-15(2)25-23(29)16(3)26(13-17-7-6-8-18(24)11-17)22(28)14-33-19-9-10-20(27(30)31)21(12-19)32-4/h6-12,15-16H,5,13-14H2,1-4H3,(H,25,29)/t15-,16-/m1/s1. The van der Waals surface area contributed by atoms with Crippen molar-refractivity contribution in [1.29, 1.82) is 0 Å². The first-order chi connectivity index (χ1) is 15.7. The first-order valence-electron chi connectivity index (χ1n) is 10.5. The van der Waals surface area contributed by atoms with Gasteiger partial charge in [-0.25, -0.2) is 0 Å². The number of rotatable bonds is 11. The van der Waals surface area contributed by atoms with Crippen molar-refractivity contribution in [3.8, 4) is 11.5 Å². The predicted molar refractivity (Wildman–Crippen MR) is 127 cm³/mol. The lowest BCUT2D eigenvalue weighted by atomic mass is 10.1. The minimum Gasteiger partial charge on any atom is -0.490 e. The van der Waals surface area contributed by atoms with E-state index in [0.29, 0.717) is 0 Å². The molecule has 0 aromatic heterocycles. The van der Waals surface area contributed by atoms with Gasteiger partial charge in [-0.05, 0) is 44.0 Å². The lowest BCUT2D eigenvalue weighted by Gasteiger charge is -2.29. The normalized spacial score (nSPS) is 12.4. The van der Waals surface area contributed by atoms with Crippen LogP contribution in [0, 0.1) is 10.1 Å². The van der Waals surface area contributed by atoms with Gasteiger partial charge in [0.1, 0.15) is 11.8 Å². The van der Waals surface area contributed by atoms with Gasteiger partial charge in [0.25, 0.3) is 5.91 Å². The van der Waals surface area contributed by atoms with Gasteiger partial charge in [0.05, 0.1) is 12.0 Å². The SMILES string of the molecule is CC[C@@H](C)NC(=O)[C@@H](C)N(Cc1cccc(Br)c1)C(=O)COc1ccc([N+](=O)[O-])c(OC)c1. The number of nitro groups is 1. The summed E-state index contributed by atoms with van der Waals surface area (Å²) >= 11 is 3.42. The Bertz CT molecular complexity index is 1000. The molecule has 0 unspecified atom stereocenters. The highest BCUT2D eigenvalue weighted by molar-refractivity contribution is 9.10. The van der Waals surface area contributed by atoms with E-state index in [2.05, 4.69) is 21.2 Å². The topological polar surface area (TPSA) is 111 Å². The highest BCUT2D eigenvalue weighted by atomic mass is 79.9. The van der Waals surface area contributed by atoms with E-state index in [9.17, 15) is 19.7 Å². The highest BCUT2D eigenvalue weighted by Crippen LogP contribution is 2.30. The molecule has 0 aliphatic rings. The number of halogens is 1. The number of hydrogen-bond acceptors (Lipinski definition) is 6. The number of carbonyl (C=O) groups is 2. The molecule has 0 saturated carbocycles. The number of benzene rings is 2. The summed E-state index contributed by atoms with van der Waals surface area (Å²) in [7, 11) is 1.31. The number of methoxy groups -OCH3 is 1. The van der Waals surface area contributed by atoms with Crippen molar-refractivity contribution in [3.63, 3.8) is 0 Å². The molecule has 9 nitrogen and oxygen atoms in total. The van der Waals surface area contributed by atoms with Gasteiger partial charge in [0.2, 0.25) is 11.7 Å². The second-order valence-corrected chi connectivity index (χ2v) is 8.44. The van der Waals surface area contributed by atoms with E-state index in [1.54, 1.807) is 6.92 Å². The van der Waals surface area contributed by atoms with Crippen molar-refractivity contribution < 1.29 is 24.0 Å². The summed E-state index contributed by atoms with van der Waals surface area (Å²) in [5, 5.41) is 14.0. The van der Waals surface area contributed by atoms with Gasteiger partial charge in [-0.15, -0.1) is 0 Å². The van der Waals surface area contributed by atoms with Crippen LogP contribution in [-0.4, -0.2) is 47.4 Å². The van der Waals surface area contributed by atoms with Crippen molar-refractivity contribution in [2.24, 2.45) is 0 Å². The third-order valence-corrected chi connectivity index (χ3v) is 5.61. The lowest BCUT2D eigenvalue weighted by Crippen LogP contribution is -2.50. The Morgan fingerprint density at radius 3 is 2.55 bits per heavy atom. The molecule has 2 aromatic rings. The molecule has 0 heterocycles. The molecule has 10 heteroatoms. The fourth-order valence-electron chi connectivity index (χ4n) is 3.01. The van der Waals surface area contributed by atoms with E-state index in [1.807, 2.05) is 38.1 Å². The minimum atomic E-state index is -0.736. The molecule has 2 amide bonds. The van der Waals surface area contributed by atoms with Crippen LogP contribution in [0.5, 0.6) is 11.5 Å². The van der Waals surface area contributed by atoms with Crippen molar-refractivity contribution in [2.45, 2.75) is 45.8 Å². The predicted octanol–water partition coefficient (Wildman–Crippen LogP) is 4.08. The Kier molecular flexibility index (Phi) is 9.65. The molecular formula is C23H28BrN3O6. The zero-order valence-electron chi connectivity index (χ0n) is 19.0. The maximum atomic E-state index is 13.1. The summed E-state index contributed by atoms with van der Waals surface area (Å²) in [6.07, 6.45) is 0.767. The van der Waals surface area contributed by atoms with Crippen LogP contribution in [-0.2, 0) is 16.1 Å². The zero-order chi connectivity index (χ0) is 24.5. The van der Waals surface area contributed by atoms with Gasteiger partial charge < -0.3 is 19.7 Å². The number of nitro benzene ring substituents is 1. The Labute approximate surface area is 201 Å². The van der Waals surface area contributed by atoms with Crippen LogP contribution in [0.25, 0.3) is 0 Å². The summed E-state index contributed by atoms with van der Waals surface area (Å²) in [5.41, 5.74) is 0.640. The molecule has 0 saturated heterocycles. The van der Waals surface area contributed by atoms with Crippen molar-refractivity contribution in [3.05, 3.63) is 62.6 Å². The summed E-state index contributed by atoms with van der Waals surface area (Å²) in [6, 6.07) is 10.7. The smallest absolute Gasteiger partial charge is 0.311 e. The number of nitrogens with zero attached hydrogens (tertiary/aromatic N) is 2. The van der Waals surface area contributed by atoms with Crippen molar-refractivity contribution in [2.75, 3.05) is 13.7 Å². The number of carbonyl (C=O) groups excluding carboxylic acids is 2. The second kappa shape index (κ2) is 12.2. The molecular weight excluding hydrogens is 494 g/mol. The number of ether oxygens (including phenoxy) is 2. The van der Waals surface area contributed by atoms with Gasteiger partial charge in [0, 0.05) is 29.2 Å². The summed E-state index contributed by atoms with van der Waals surface area (Å²) < 4.78 is 11.5. The van der Waals surface area contributed by atoms with Crippen LogP contribution in [0.15, 0.2) is 46.9 Å². The Morgan fingerprint density at radius 1 is 1.21 bits per heavy atom. The van der Waals surface area contributed by atoms with Gasteiger partial charge in [-0.3, -0.25) is 19.7 Å². The highest BCUT2D eigenvalue weighted by Gasteiger charge is 2.27. The Hall–Kier alpha value is -3.14. The number of amides is 2. The van der Waals surface area contributed by atoms with E-state index >= 15 is 0 Å². The van der Waals surface area contributed by atoms with Crippen LogP contribution in [0.2, 0.25) is 0 Å². The fraction of sp³-hybridized carbons (Fsp3) is 0.391. The first kappa shape index (κ1) is 26.1. The monoisotopic (exact) mass is 521 g/mol. The van der Waals surface area contributed by atoms with Crippen LogP contribution < -0.4 is 14.8 Å². The second-order valence-electron chi connectivity index (χ2n) is 7.52. The molecule has 1 N–H and O–H groups in total. The van der Waals surface area contributed by atoms with Gasteiger partial charge in [-0.1, -0.05) is 35.0 Å². The molecule has 2 aromatic carbocycles. The Morgan fingerprint density at radius 2 is 1.94 bits per heavy atom. The molecule has 0 aliphatic carbocycles. The molecule has 33 heavy (non-hydrogen) atoms. The number of nitrogens with one attached hydrogen (secondary N) is 1. The molecule has 2 atom stereocenters. The fourth-order valence-corrected chi connectivity index (χ4v) is 3.45. The summed E-state index contributed by atoms with van der Waals surface area (Å²) in [4.78, 5) is 37.8. The summed E-state index contributed by atoms with van der Waals surface area (Å²) in [6.45, 7) is 5.39. The van der Waals surface area contributed by atoms with Crippen LogP contribution in [0.1, 0.15) is 32.8 Å². The molecule has 0 radical (unpaired) electrons. The average molecular weight is 522 g/mol. The van der Waals surface area contributed by atoms with Crippen molar-refractivity contribution in [1.82, 2.24) is 10.2 Å². The van der Waals surface area contributed by atoms with Gasteiger partial charge >= 0.3 is 5.69 Å². The third kappa shape index (κ3) is 7.45. The summed E-state index contributed by atoms with van der Waals surface area (Å²) in [5.74, 6) is -0.397. The number of hydrogen-bond donors (Lipinski definition) is 1. The molecule has 178 valence electrons. The molecule has 0 spiro atoms. The molecule has 0 bridgehead atoms. The average Bonchev–Trinajstić information content (AvgIpc) is 2.80. The van der Waals surface area contributed by atoms with E-state index in [1.165, 1.54) is 30.2 Å². The van der Waals surface area contributed by atoms with Crippen LogP contribution in [0.3, 0.4) is 0 Å². The largest absolute Gasteiger partial charge is 0.490 e.